The maximum atomic E-state index is 13.5. The minimum atomic E-state index is -4.56. The number of hydrazone groups is 1. The second-order valence-electron chi connectivity index (χ2n) is 10.1. The maximum absolute atomic E-state index is 13.5. The number of amides is 2. The van der Waals surface area contributed by atoms with Crippen molar-refractivity contribution in [2.75, 3.05) is 18.1 Å². The lowest BCUT2D eigenvalue weighted by molar-refractivity contribution is -0.129. The van der Waals surface area contributed by atoms with Gasteiger partial charge in [-0.3, -0.25) is 18.7 Å². The Morgan fingerprint density at radius 1 is 0.840 bits per heavy atom. The zero-order valence-electron chi connectivity index (χ0n) is 25.9. The smallest absolute Gasteiger partial charge is 0.357 e. The number of aromatic nitrogens is 2. The number of hydrogen-bond acceptors (Lipinski definition) is 11. The number of allylic oxidation sites excluding steroid dienone is 2. The summed E-state index contributed by atoms with van der Waals surface area (Å²) in [6.45, 7) is 3.78. The predicted octanol–water partition coefficient (Wildman–Crippen LogP) is 1.99. The number of aromatic carboxylic acids is 1. The molecular weight excluding hydrogens is 702 g/mol. The van der Waals surface area contributed by atoms with Gasteiger partial charge in [-0.1, -0.05) is 0 Å². The Bertz CT molecular complexity index is 2230. The molecule has 20 heteroatoms. The van der Waals surface area contributed by atoms with Crippen LogP contribution in [0.1, 0.15) is 29.9 Å². The van der Waals surface area contributed by atoms with Gasteiger partial charge in [-0.25, -0.2) is 9.59 Å². The Morgan fingerprint density at radius 3 is 1.82 bits per heavy atom. The lowest BCUT2D eigenvalue weighted by Gasteiger charge is -2.19. The molecule has 2 aromatic carbocycles. The van der Waals surface area contributed by atoms with E-state index in [2.05, 4.69) is 10.2 Å². The fraction of sp³-hybridized carbons (Fsp3) is 0.133. The summed E-state index contributed by atoms with van der Waals surface area (Å²) < 4.78 is 64.8. The third-order valence-electron chi connectivity index (χ3n) is 7.09. The molecule has 2 heterocycles. The summed E-state index contributed by atoms with van der Waals surface area (Å²) in [5.41, 5.74) is -2.50. The van der Waals surface area contributed by atoms with Crippen molar-refractivity contribution in [3.63, 3.8) is 0 Å². The molecule has 5 N–H and O–H groups in total. The van der Waals surface area contributed by atoms with Crippen LogP contribution >= 0.6 is 0 Å². The van der Waals surface area contributed by atoms with E-state index < -0.39 is 76.6 Å². The Hall–Kier alpha value is -5.96. The first-order valence-electron chi connectivity index (χ1n) is 14.2. The molecule has 262 valence electrons. The van der Waals surface area contributed by atoms with Crippen molar-refractivity contribution >= 4 is 61.5 Å². The number of anilines is 1. The first-order valence-corrected chi connectivity index (χ1v) is 17.0. The molecule has 1 aliphatic heterocycles. The van der Waals surface area contributed by atoms with Gasteiger partial charge in [0.15, 0.2) is 11.4 Å². The predicted molar refractivity (Wildman–Crippen MR) is 174 cm³/mol. The van der Waals surface area contributed by atoms with Crippen LogP contribution in [-0.4, -0.2) is 98.5 Å². The van der Waals surface area contributed by atoms with E-state index in [-0.39, 0.29) is 35.6 Å². The van der Waals surface area contributed by atoms with E-state index in [1.807, 2.05) is 0 Å². The summed E-state index contributed by atoms with van der Waals surface area (Å²) in [4.78, 5) is 51.2. The molecule has 18 nitrogen and oxygen atoms in total. The summed E-state index contributed by atoms with van der Waals surface area (Å²) in [5, 5.41) is 38.8. The molecule has 0 saturated carbocycles. The molecule has 50 heavy (non-hydrogen) atoms. The number of carbonyl (C=O) groups is 4. The van der Waals surface area contributed by atoms with Gasteiger partial charge in [0.1, 0.15) is 0 Å². The van der Waals surface area contributed by atoms with Gasteiger partial charge in [0.05, 0.1) is 32.3 Å². The summed E-state index contributed by atoms with van der Waals surface area (Å²) in [6.07, 6.45) is 4.24. The standard InChI is InChI=1S/C30H27N5O13S2/c1-3-33(4-2)26(36)17(5-15-22-24(29(39)40)31-34(27(22)37)18-7-11-20(12-8-18)49(43,44)45)6-16-23-25(30(41)42)32-35(28(23)38)19-9-13-21(14-10-19)50(46,47)48/h5-16,37H,3-4H2,1-2H3,(H,39,40)(H,41,42)(H,43,44,45)(H,46,47,48)/b15-5+,17-6+,23-16+. The van der Waals surface area contributed by atoms with Crippen LogP contribution in [0.25, 0.3) is 11.8 Å². The fourth-order valence-electron chi connectivity index (χ4n) is 4.57. The highest BCUT2D eigenvalue weighted by Crippen LogP contribution is 2.29. The average Bonchev–Trinajstić information content (AvgIpc) is 3.57. The number of carbonyl (C=O) groups excluding carboxylic acids is 2. The molecule has 0 atom stereocenters. The molecule has 4 rings (SSSR count). The number of nitrogens with zero attached hydrogens (tertiary/aromatic N) is 5. The van der Waals surface area contributed by atoms with E-state index in [4.69, 9.17) is 0 Å². The van der Waals surface area contributed by atoms with E-state index in [1.165, 1.54) is 4.90 Å². The molecule has 1 aliphatic rings. The lowest BCUT2D eigenvalue weighted by Crippen LogP contribution is -2.31. The highest BCUT2D eigenvalue weighted by molar-refractivity contribution is 7.86. The molecule has 1 aromatic heterocycles. The molecule has 0 spiro atoms. The van der Waals surface area contributed by atoms with Crippen molar-refractivity contribution in [3.05, 3.63) is 89.2 Å². The van der Waals surface area contributed by atoms with Crippen LogP contribution in [0.15, 0.2) is 92.8 Å². The second kappa shape index (κ2) is 14.3. The quantitative estimate of drug-likeness (QED) is 0.101. The molecule has 3 aromatic rings. The minimum absolute atomic E-state index is 0.00850. The fourth-order valence-corrected chi connectivity index (χ4v) is 5.53. The lowest BCUT2D eigenvalue weighted by atomic mass is 10.1. The largest absolute Gasteiger partial charge is 0.493 e. The van der Waals surface area contributed by atoms with Gasteiger partial charge in [0, 0.05) is 18.7 Å². The van der Waals surface area contributed by atoms with Crippen LogP contribution in [0.4, 0.5) is 5.69 Å². The molecule has 0 aliphatic carbocycles. The van der Waals surface area contributed by atoms with Crippen LogP contribution < -0.4 is 5.01 Å². The van der Waals surface area contributed by atoms with Crippen LogP contribution in [0, 0.1) is 0 Å². The first kappa shape index (κ1) is 36.9. The monoisotopic (exact) mass is 729 g/mol. The van der Waals surface area contributed by atoms with Gasteiger partial charge in [-0.05, 0) is 86.7 Å². The highest BCUT2D eigenvalue weighted by Gasteiger charge is 2.35. The zero-order chi connectivity index (χ0) is 37.1. The second-order valence-corrected chi connectivity index (χ2v) is 13.0. The third-order valence-corrected chi connectivity index (χ3v) is 8.83. The number of aliphatic carboxylic acids is 1. The van der Waals surface area contributed by atoms with Crippen molar-refractivity contribution in [3.8, 4) is 11.6 Å². The Morgan fingerprint density at radius 2 is 1.36 bits per heavy atom. The SMILES string of the molecule is CCN(CC)C(=O)C(/C=C/c1c(C(=O)O)nn(-c2ccc(S(=O)(=O)O)cc2)c1O)=C/C=C1/C(=O)N(c2ccc(S(=O)(=O)O)cc2)N=C1C(=O)O. The first-order chi connectivity index (χ1) is 23.4. The molecular formula is C30H27N5O13S2. The van der Waals surface area contributed by atoms with Gasteiger partial charge in [0.25, 0.3) is 32.1 Å². The number of benzene rings is 2. The van der Waals surface area contributed by atoms with E-state index in [0.717, 1.165) is 77.5 Å². The Balaban J connectivity index is 1.79. The number of aromatic hydroxyl groups is 1. The average molecular weight is 730 g/mol. The summed E-state index contributed by atoms with van der Waals surface area (Å²) in [6, 6.07) is 8.43. The number of rotatable bonds is 12. The highest BCUT2D eigenvalue weighted by atomic mass is 32.2. The van der Waals surface area contributed by atoms with Crippen molar-refractivity contribution in [1.29, 1.82) is 0 Å². The van der Waals surface area contributed by atoms with Gasteiger partial charge in [0.2, 0.25) is 5.88 Å². The van der Waals surface area contributed by atoms with Gasteiger partial charge >= 0.3 is 11.9 Å². The Labute approximate surface area is 283 Å². The summed E-state index contributed by atoms with van der Waals surface area (Å²) in [5.74, 6) is -5.53. The van der Waals surface area contributed by atoms with Gasteiger partial charge in [-0.15, -0.1) is 0 Å². The summed E-state index contributed by atoms with van der Waals surface area (Å²) >= 11 is 0. The molecule has 0 fully saturated rings. The molecule has 0 radical (unpaired) electrons. The van der Waals surface area contributed by atoms with Crippen LogP contribution in [0.3, 0.4) is 0 Å². The molecule has 2 amide bonds. The van der Waals surface area contributed by atoms with Gasteiger partial charge < -0.3 is 20.2 Å². The molecule has 0 unspecified atom stereocenters. The van der Waals surface area contributed by atoms with Gasteiger partial charge in [-0.2, -0.15) is 36.7 Å². The van der Waals surface area contributed by atoms with Crippen molar-refractivity contribution in [1.82, 2.24) is 14.7 Å². The number of carboxylic acids is 2. The van der Waals surface area contributed by atoms with E-state index in [1.54, 1.807) is 13.8 Å². The van der Waals surface area contributed by atoms with E-state index >= 15 is 0 Å². The van der Waals surface area contributed by atoms with Crippen LogP contribution in [0.5, 0.6) is 5.88 Å². The number of carboxylic acid groups (broad SMARTS) is 2. The van der Waals surface area contributed by atoms with Crippen LogP contribution in [0.2, 0.25) is 0 Å². The summed E-state index contributed by atoms with van der Waals surface area (Å²) in [7, 11) is -9.11. The minimum Gasteiger partial charge on any atom is -0.493 e. The normalized spacial score (nSPS) is 14.8. The Kier molecular flexibility index (Phi) is 10.5. The van der Waals surface area contributed by atoms with Crippen molar-refractivity contribution < 1.29 is 60.4 Å². The molecule has 0 saturated heterocycles. The molecule has 0 bridgehead atoms. The van der Waals surface area contributed by atoms with Crippen molar-refractivity contribution in [2.45, 2.75) is 23.6 Å². The zero-order valence-corrected chi connectivity index (χ0v) is 27.5. The number of hydrogen-bond donors (Lipinski definition) is 5. The topological polar surface area (TPSA) is 274 Å². The van der Waals surface area contributed by atoms with E-state index in [9.17, 15) is 60.4 Å². The third kappa shape index (κ3) is 7.68. The van der Waals surface area contributed by atoms with Crippen molar-refractivity contribution in [2.24, 2.45) is 5.10 Å². The van der Waals surface area contributed by atoms with E-state index in [0.29, 0.717) is 5.01 Å². The maximum Gasteiger partial charge on any atom is 0.357 e. The number of likely N-dealkylation sites (N-methyl/N-ethyl adjacent to an activating group) is 1. The van der Waals surface area contributed by atoms with Crippen LogP contribution in [-0.2, 0) is 34.6 Å².